The second-order valence-corrected chi connectivity index (χ2v) is 10.1. The van der Waals surface area contributed by atoms with Gasteiger partial charge in [-0.2, -0.15) is 0 Å². The predicted octanol–water partition coefficient (Wildman–Crippen LogP) is 5.59. The van der Waals surface area contributed by atoms with Crippen molar-refractivity contribution in [3.63, 3.8) is 0 Å². The fourth-order valence-corrected chi connectivity index (χ4v) is 6.85. The highest BCUT2D eigenvalue weighted by molar-refractivity contribution is 7.99. The summed E-state index contributed by atoms with van der Waals surface area (Å²) < 4.78 is 2.46. The number of nitrogens with zero attached hydrogens (tertiary/aromatic N) is 2. The van der Waals surface area contributed by atoms with Crippen molar-refractivity contribution in [2.75, 3.05) is 5.75 Å². The highest BCUT2D eigenvalue weighted by Gasteiger charge is 2.26. The molecule has 0 aromatic carbocycles. The van der Waals surface area contributed by atoms with E-state index in [4.69, 9.17) is 4.98 Å². The Bertz CT molecular complexity index is 815. The summed E-state index contributed by atoms with van der Waals surface area (Å²) in [6.45, 7) is 4.54. The normalized spacial score (nSPS) is 18.4. The molecule has 0 aliphatic heterocycles. The highest BCUT2D eigenvalue weighted by Crippen LogP contribution is 2.38. The molecule has 0 unspecified atom stereocenters. The molecule has 0 atom stereocenters. The van der Waals surface area contributed by atoms with Gasteiger partial charge in [0.05, 0.1) is 0 Å². The van der Waals surface area contributed by atoms with E-state index >= 15 is 0 Å². The first-order valence-corrected chi connectivity index (χ1v) is 11.6. The van der Waals surface area contributed by atoms with Crippen LogP contribution in [0.1, 0.15) is 75.3 Å². The molecule has 0 N–H and O–H groups in total. The van der Waals surface area contributed by atoms with Crippen molar-refractivity contribution >= 4 is 33.4 Å². The van der Waals surface area contributed by atoms with Gasteiger partial charge in [0.15, 0.2) is 5.16 Å². The van der Waals surface area contributed by atoms with Crippen molar-refractivity contribution in [2.45, 2.75) is 82.8 Å². The standard InChI is InChI=1S/C20H28N2OS2/c1-13(2)11-12-24-20-21-17-18(23)15-9-6-10-16(15)25-19(17)22(20)14-7-4-3-5-8-14/h13-14H,3-12H2,1-2H3. The summed E-state index contributed by atoms with van der Waals surface area (Å²) in [6.07, 6.45) is 10.8. The van der Waals surface area contributed by atoms with E-state index in [9.17, 15) is 4.79 Å². The van der Waals surface area contributed by atoms with Crippen LogP contribution < -0.4 is 5.43 Å². The molecular weight excluding hydrogens is 348 g/mol. The second-order valence-electron chi connectivity index (χ2n) is 7.93. The van der Waals surface area contributed by atoms with Gasteiger partial charge in [-0.05, 0) is 44.4 Å². The number of hydrogen-bond acceptors (Lipinski definition) is 4. The molecular formula is C20H28N2OS2. The van der Waals surface area contributed by atoms with Crippen LogP contribution in [0.3, 0.4) is 0 Å². The molecule has 1 fully saturated rings. The topological polar surface area (TPSA) is 34.9 Å². The maximum absolute atomic E-state index is 13.0. The minimum atomic E-state index is 0.224. The molecule has 25 heavy (non-hydrogen) atoms. The van der Waals surface area contributed by atoms with Gasteiger partial charge < -0.3 is 4.57 Å². The van der Waals surface area contributed by atoms with Crippen molar-refractivity contribution in [1.82, 2.24) is 9.55 Å². The van der Waals surface area contributed by atoms with Crippen LogP contribution in [0.4, 0.5) is 0 Å². The summed E-state index contributed by atoms with van der Waals surface area (Å²) in [5.74, 6) is 1.80. The van der Waals surface area contributed by atoms with Gasteiger partial charge in [0.2, 0.25) is 5.43 Å². The van der Waals surface area contributed by atoms with Gasteiger partial charge in [0.25, 0.3) is 0 Å². The molecule has 0 radical (unpaired) electrons. The van der Waals surface area contributed by atoms with Crippen LogP contribution in [-0.2, 0) is 12.8 Å². The zero-order chi connectivity index (χ0) is 17.4. The lowest BCUT2D eigenvalue weighted by Gasteiger charge is -2.25. The molecule has 3 nitrogen and oxygen atoms in total. The molecule has 2 aliphatic rings. The van der Waals surface area contributed by atoms with E-state index in [1.165, 1.54) is 43.4 Å². The minimum Gasteiger partial charge on any atom is -0.307 e. The predicted molar refractivity (Wildman–Crippen MR) is 108 cm³/mol. The number of thioether (sulfide) groups is 1. The number of imidazole rings is 1. The van der Waals surface area contributed by atoms with E-state index in [1.54, 1.807) is 0 Å². The summed E-state index contributed by atoms with van der Waals surface area (Å²) in [5.41, 5.74) is 2.04. The third-order valence-electron chi connectivity index (χ3n) is 5.58. The maximum Gasteiger partial charge on any atom is 0.211 e. The van der Waals surface area contributed by atoms with Gasteiger partial charge in [0.1, 0.15) is 10.3 Å². The lowest BCUT2D eigenvalue weighted by atomic mass is 9.95. The lowest BCUT2D eigenvalue weighted by Crippen LogP contribution is -2.14. The average molecular weight is 377 g/mol. The van der Waals surface area contributed by atoms with Gasteiger partial charge in [-0.15, -0.1) is 11.3 Å². The Labute approximate surface area is 158 Å². The fraction of sp³-hybridized carbons (Fsp3) is 0.700. The number of aromatic nitrogens is 2. The Hall–Kier alpha value is -0.810. The van der Waals surface area contributed by atoms with E-state index in [2.05, 4.69) is 18.4 Å². The number of aryl methyl sites for hydroxylation is 1. The van der Waals surface area contributed by atoms with E-state index < -0.39 is 0 Å². The average Bonchev–Trinajstić information content (AvgIpc) is 3.20. The molecule has 0 saturated heterocycles. The van der Waals surface area contributed by atoms with Crippen molar-refractivity contribution in [1.29, 1.82) is 0 Å². The van der Waals surface area contributed by atoms with Gasteiger partial charge >= 0.3 is 0 Å². The molecule has 2 aromatic heterocycles. The Morgan fingerprint density at radius 2 is 2.00 bits per heavy atom. The highest BCUT2D eigenvalue weighted by atomic mass is 32.2. The summed E-state index contributed by atoms with van der Waals surface area (Å²) in [6, 6.07) is 0.537. The van der Waals surface area contributed by atoms with Crippen molar-refractivity contribution < 1.29 is 0 Å². The molecule has 0 amide bonds. The summed E-state index contributed by atoms with van der Waals surface area (Å²) in [5, 5.41) is 1.10. The third kappa shape index (κ3) is 3.42. The zero-order valence-electron chi connectivity index (χ0n) is 15.3. The SMILES string of the molecule is CC(C)CCSc1nc2c(=O)c3c(sc2n1C1CCCCC1)CCC3. The molecule has 1 saturated carbocycles. The van der Waals surface area contributed by atoms with Crippen LogP contribution >= 0.6 is 23.1 Å². The minimum absolute atomic E-state index is 0.224. The molecule has 2 aromatic rings. The third-order valence-corrected chi connectivity index (χ3v) is 7.84. The summed E-state index contributed by atoms with van der Waals surface area (Å²) in [4.78, 5) is 20.3. The number of rotatable bonds is 5. The lowest BCUT2D eigenvalue weighted by molar-refractivity contribution is 0.344. The Morgan fingerprint density at radius 3 is 2.76 bits per heavy atom. The van der Waals surface area contributed by atoms with Crippen molar-refractivity contribution in [2.24, 2.45) is 5.92 Å². The van der Waals surface area contributed by atoms with Gasteiger partial charge in [0, 0.05) is 22.2 Å². The van der Waals surface area contributed by atoms with Crippen LogP contribution in [0.15, 0.2) is 9.95 Å². The van der Waals surface area contributed by atoms with Crippen molar-refractivity contribution in [3.8, 4) is 0 Å². The Kier molecular flexibility index (Phi) is 5.23. The van der Waals surface area contributed by atoms with E-state index in [-0.39, 0.29) is 5.43 Å². The molecule has 0 spiro atoms. The monoisotopic (exact) mass is 376 g/mol. The van der Waals surface area contributed by atoms with Crippen LogP contribution in [0, 0.1) is 5.92 Å². The molecule has 136 valence electrons. The van der Waals surface area contributed by atoms with E-state index in [1.807, 2.05) is 23.1 Å². The van der Waals surface area contributed by atoms with Crippen LogP contribution in [0.2, 0.25) is 0 Å². The zero-order valence-corrected chi connectivity index (χ0v) is 17.0. The van der Waals surface area contributed by atoms with Gasteiger partial charge in [-0.3, -0.25) is 4.79 Å². The number of fused-ring (bicyclic) bond motifs is 2. The van der Waals surface area contributed by atoms with E-state index in [0.717, 1.165) is 46.1 Å². The fourth-order valence-electron chi connectivity index (χ4n) is 4.12. The van der Waals surface area contributed by atoms with Crippen molar-refractivity contribution in [3.05, 3.63) is 20.7 Å². The Balaban J connectivity index is 1.79. The summed E-state index contributed by atoms with van der Waals surface area (Å²) in [7, 11) is 0. The van der Waals surface area contributed by atoms with Crippen LogP contribution in [-0.4, -0.2) is 15.3 Å². The second kappa shape index (κ2) is 7.43. The van der Waals surface area contributed by atoms with Crippen LogP contribution in [0.25, 0.3) is 10.3 Å². The first kappa shape index (κ1) is 17.6. The molecule has 2 heterocycles. The molecule has 0 bridgehead atoms. The molecule has 5 heteroatoms. The largest absolute Gasteiger partial charge is 0.307 e. The Morgan fingerprint density at radius 1 is 1.20 bits per heavy atom. The van der Waals surface area contributed by atoms with Gasteiger partial charge in [-0.25, -0.2) is 4.98 Å². The van der Waals surface area contributed by atoms with Crippen LogP contribution in [0.5, 0.6) is 0 Å². The molecule has 4 rings (SSSR count). The number of hydrogen-bond donors (Lipinski definition) is 0. The maximum atomic E-state index is 13.0. The smallest absolute Gasteiger partial charge is 0.211 e. The van der Waals surface area contributed by atoms with Gasteiger partial charge in [-0.1, -0.05) is 44.9 Å². The quantitative estimate of drug-likeness (QED) is 0.638. The summed E-state index contributed by atoms with van der Waals surface area (Å²) >= 11 is 3.72. The first-order chi connectivity index (χ1) is 12.1. The molecule has 2 aliphatic carbocycles. The first-order valence-electron chi connectivity index (χ1n) is 9.84. The van der Waals surface area contributed by atoms with E-state index in [0.29, 0.717) is 12.0 Å².